The standard InChI is InChI=1S/C21H18FN7O/c1-14-20(15(2)29(25-14)19-7-3-16(22)4-8-19)11-12-21(30)24-17-5-9-18(10-6-17)28-13-23-26-27-28/h3-13H,1-2H3,(H,24,30)/b12-11+. The Labute approximate surface area is 171 Å². The molecule has 2 aromatic carbocycles. The quantitative estimate of drug-likeness (QED) is 0.517. The second-order valence-corrected chi connectivity index (χ2v) is 6.60. The van der Waals surface area contributed by atoms with Crippen molar-refractivity contribution in [2.24, 2.45) is 0 Å². The molecule has 8 nitrogen and oxygen atoms in total. The summed E-state index contributed by atoms with van der Waals surface area (Å²) >= 11 is 0. The van der Waals surface area contributed by atoms with Crippen LogP contribution in [0.25, 0.3) is 17.5 Å². The van der Waals surface area contributed by atoms with Crippen molar-refractivity contribution in [1.29, 1.82) is 0 Å². The van der Waals surface area contributed by atoms with Crippen LogP contribution in [0.1, 0.15) is 17.0 Å². The largest absolute Gasteiger partial charge is 0.323 e. The van der Waals surface area contributed by atoms with Crippen LogP contribution < -0.4 is 5.32 Å². The van der Waals surface area contributed by atoms with Crippen LogP contribution in [0.4, 0.5) is 10.1 Å². The number of benzene rings is 2. The molecule has 0 spiro atoms. The number of amides is 1. The molecule has 0 saturated heterocycles. The molecular weight excluding hydrogens is 385 g/mol. The monoisotopic (exact) mass is 403 g/mol. The molecule has 30 heavy (non-hydrogen) atoms. The molecular formula is C21H18FN7O. The third-order valence-corrected chi connectivity index (χ3v) is 4.57. The van der Waals surface area contributed by atoms with E-state index in [9.17, 15) is 9.18 Å². The molecule has 0 fully saturated rings. The van der Waals surface area contributed by atoms with Crippen molar-refractivity contribution in [2.45, 2.75) is 13.8 Å². The number of aryl methyl sites for hydroxylation is 1. The lowest BCUT2D eigenvalue weighted by Gasteiger charge is -2.05. The maximum Gasteiger partial charge on any atom is 0.248 e. The highest BCUT2D eigenvalue weighted by Gasteiger charge is 2.11. The fourth-order valence-corrected chi connectivity index (χ4v) is 3.05. The number of carbonyl (C=O) groups is 1. The molecule has 9 heteroatoms. The van der Waals surface area contributed by atoms with Crippen LogP contribution in [0.15, 0.2) is 60.9 Å². The summed E-state index contributed by atoms with van der Waals surface area (Å²) in [7, 11) is 0. The van der Waals surface area contributed by atoms with Crippen LogP contribution in [0, 0.1) is 19.7 Å². The molecule has 0 aliphatic heterocycles. The Morgan fingerprint density at radius 3 is 2.40 bits per heavy atom. The minimum atomic E-state index is -0.303. The van der Waals surface area contributed by atoms with Gasteiger partial charge in [-0.25, -0.2) is 13.8 Å². The van der Waals surface area contributed by atoms with Gasteiger partial charge in [0.1, 0.15) is 12.1 Å². The van der Waals surface area contributed by atoms with Crippen molar-refractivity contribution in [2.75, 3.05) is 5.32 Å². The molecule has 0 unspecified atom stereocenters. The predicted octanol–water partition coefficient (Wildman–Crippen LogP) is 3.26. The van der Waals surface area contributed by atoms with E-state index in [-0.39, 0.29) is 11.7 Å². The number of anilines is 1. The van der Waals surface area contributed by atoms with Crippen molar-refractivity contribution < 1.29 is 9.18 Å². The number of nitrogens with one attached hydrogen (secondary N) is 1. The molecule has 1 amide bonds. The van der Waals surface area contributed by atoms with E-state index in [2.05, 4.69) is 25.9 Å². The molecule has 0 aliphatic rings. The minimum Gasteiger partial charge on any atom is -0.323 e. The van der Waals surface area contributed by atoms with Crippen molar-refractivity contribution in [1.82, 2.24) is 30.0 Å². The van der Waals surface area contributed by atoms with E-state index < -0.39 is 0 Å². The summed E-state index contributed by atoms with van der Waals surface area (Å²) in [6.07, 6.45) is 4.68. The summed E-state index contributed by atoms with van der Waals surface area (Å²) < 4.78 is 16.4. The van der Waals surface area contributed by atoms with Crippen molar-refractivity contribution in [3.63, 3.8) is 0 Å². The van der Waals surface area contributed by atoms with Crippen LogP contribution in [0.2, 0.25) is 0 Å². The third-order valence-electron chi connectivity index (χ3n) is 4.57. The first-order valence-electron chi connectivity index (χ1n) is 9.16. The topological polar surface area (TPSA) is 90.5 Å². The molecule has 1 N–H and O–H groups in total. The maximum atomic E-state index is 13.2. The van der Waals surface area contributed by atoms with Crippen molar-refractivity contribution in [3.8, 4) is 11.4 Å². The summed E-state index contributed by atoms with van der Waals surface area (Å²) in [6, 6.07) is 13.2. The highest BCUT2D eigenvalue weighted by Crippen LogP contribution is 2.20. The van der Waals surface area contributed by atoms with Gasteiger partial charge < -0.3 is 5.32 Å². The van der Waals surface area contributed by atoms with E-state index in [1.807, 2.05) is 13.8 Å². The lowest BCUT2D eigenvalue weighted by atomic mass is 10.2. The zero-order valence-corrected chi connectivity index (χ0v) is 16.3. The smallest absolute Gasteiger partial charge is 0.248 e. The summed E-state index contributed by atoms with van der Waals surface area (Å²) in [6.45, 7) is 3.76. The van der Waals surface area contributed by atoms with Crippen LogP contribution in [-0.2, 0) is 4.79 Å². The number of hydrogen-bond acceptors (Lipinski definition) is 5. The predicted molar refractivity (Wildman–Crippen MR) is 110 cm³/mol. The number of halogens is 1. The molecule has 0 aliphatic carbocycles. The number of nitrogens with zero attached hydrogens (tertiary/aromatic N) is 6. The zero-order valence-electron chi connectivity index (χ0n) is 16.3. The second-order valence-electron chi connectivity index (χ2n) is 6.60. The van der Waals surface area contributed by atoms with Gasteiger partial charge in [0, 0.05) is 23.0 Å². The average Bonchev–Trinajstić information content (AvgIpc) is 3.37. The molecule has 0 radical (unpaired) electrons. The van der Waals surface area contributed by atoms with Gasteiger partial charge in [-0.1, -0.05) is 0 Å². The number of carbonyl (C=O) groups excluding carboxylic acids is 1. The van der Waals surface area contributed by atoms with Gasteiger partial charge in [-0.05, 0) is 78.9 Å². The second kappa shape index (κ2) is 8.08. The van der Waals surface area contributed by atoms with E-state index in [4.69, 9.17) is 0 Å². The molecule has 2 heterocycles. The Morgan fingerprint density at radius 1 is 1.03 bits per heavy atom. The van der Waals surface area contributed by atoms with Gasteiger partial charge in [-0.3, -0.25) is 4.79 Å². The van der Waals surface area contributed by atoms with E-state index in [0.717, 1.165) is 28.3 Å². The summed E-state index contributed by atoms with van der Waals surface area (Å²) in [5, 5.41) is 18.3. The first-order valence-corrected chi connectivity index (χ1v) is 9.16. The van der Waals surface area contributed by atoms with Crippen LogP contribution in [-0.4, -0.2) is 35.9 Å². The van der Waals surface area contributed by atoms with Gasteiger partial charge in [0.05, 0.1) is 17.1 Å². The van der Waals surface area contributed by atoms with Crippen LogP contribution in [0.3, 0.4) is 0 Å². The average molecular weight is 403 g/mol. The van der Waals surface area contributed by atoms with Gasteiger partial charge in [-0.2, -0.15) is 5.10 Å². The van der Waals surface area contributed by atoms with Gasteiger partial charge in [-0.15, -0.1) is 5.10 Å². The summed E-state index contributed by atoms with van der Waals surface area (Å²) in [4.78, 5) is 12.3. The third kappa shape index (κ3) is 4.00. The Balaban J connectivity index is 1.47. The number of tetrazole rings is 1. The van der Waals surface area contributed by atoms with Crippen molar-refractivity contribution >= 4 is 17.7 Å². The van der Waals surface area contributed by atoms with E-state index in [1.54, 1.807) is 47.2 Å². The van der Waals surface area contributed by atoms with Gasteiger partial charge in [0.2, 0.25) is 5.91 Å². The Hall–Kier alpha value is -4.14. The van der Waals surface area contributed by atoms with Crippen molar-refractivity contribution in [3.05, 3.63) is 83.7 Å². The fraction of sp³-hybridized carbons (Fsp3) is 0.0952. The fourth-order valence-electron chi connectivity index (χ4n) is 3.05. The Bertz CT molecular complexity index is 1190. The zero-order chi connectivity index (χ0) is 21.1. The minimum absolute atomic E-state index is 0.265. The molecule has 0 bridgehead atoms. The van der Waals surface area contributed by atoms with E-state index in [0.29, 0.717) is 5.69 Å². The summed E-state index contributed by atoms with van der Waals surface area (Å²) in [5.41, 5.74) is 4.65. The number of aromatic nitrogens is 6. The Morgan fingerprint density at radius 2 is 1.73 bits per heavy atom. The molecule has 0 saturated carbocycles. The van der Waals surface area contributed by atoms with Crippen LogP contribution >= 0.6 is 0 Å². The Kier molecular flexibility index (Phi) is 5.17. The first-order chi connectivity index (χ1) is 14.5. The molecule has 150 valence electrons. The lowest BCUT2D eigenvalue weighted by Crippen LogP contribution is -2.08. The number of hydrogen-bond donors (Lipinski definition) is 1. The first kappa shape index (κ1) is 19.2. The van der Waals surface area contributed by atoms with Crippen LogP contribution in [0.5, 0.6) is 0 Å². The SMILES string of the molecule is Cc1nn(-c2ccc(F)cc2)c(C)c1/C=C/C(=O)Nc1ccc(-n2cnnn2)cc1. The summed E-state index contributed by atoms with van der Waals surface area (Å²) in [5.74, 6) is -0.568. The molecule has 4 aromatic rings. The highest BCUT2D eigenvalue weighted by atomic mass is 19.1. The molecule has 2 aromatic heterocycles. The molecule has 4 rings (SSSR count). The maximum absolute atomic E-state index is 13.2. The number of rotatable bonds is 5. The van der Waals surface area contributed by atoms with E-state index >= 15 is 0 Å². The van der Waals surface area contributed by atoms with E-state index in [1.165, 1.54) is 29.2 Å². The lowest BCUT2D eigenvalue weighted by molar-refractivity contribution is -0.111. The van der Waals surface area contributed by atoms with Gasteiger partial charge in [0.25, 0.3) is 0 Å². The normalized spacial score (nSPS) is 11.2. The highest BCUT2D eigenvalue weighted by molar-refractivity contribution is 6.02. The van der Waals surface area contributed by atoms with Gasteiger partial charge >= 0.3 is 0 Å². The molecule has 0 atom stereocenters. The van der Waals surface area contributed by atoms with Gasteiger partial charge in [0.15, 0.2) is 0 Å².